The SMILES string of the molecule is O=C(NCc1nc2ccccc2s1)c1cnn(-c2cccc(C(F)(F)F)c2)c1C1CC1. The number of aromatic nitrogens is 3. The molecule has 4 aromatic rings. The standard InChI is InChI=1S/C22H17F3N4OS/c23-22(24,25)14-4-3-5-15(10-14)29-20(13-8-9-13)16(11-27-29)21(30)26-12-19-28-17-6-1-2-7-18(17)31-19/h1-7,10-11,13H,8-9,12H2,(H,26,30). The van der Waals surface area contributed by atoms with Gasteiger partial charge in [0, 0.05) is 5.92 Å². The fraction of sp³-hybridized carbons (Fsp3) is 0.227. The maximum Gasteiger partial charge on any atom is 0.416 e. The molecular weight excluding hydrogens is 425 g/mol. The largest absolute Gasteiger partial charge is 0.416 e. The van der Waals surface area contributed by atoms with Crippen LogP contribution in [-0.4, -0.2) is 20.7 Å². The van der Waals surface area contributed by atoms with Gasteiger partial charge in [-0.05, 0) is 43.2 Å². The fourth-order valence-electron chi connectivity index (χ4n) is 3.55. The normalized spacial score (nSPS) is 14.2. The lowest BCUT2D eigenvalue weighted by Gasteiger charge is -2.12. The summed E-state index contributed by atoms with van der Waals surface area (Å²) in [5.74, 6) is -0.195. The molecular formula is C22H17F3N4OS. The van der Waals surface area contributed by atoms with Crippen molar-refractivity contribution in [3.63, 3.8) is 0 Å². The Morgan fingerprint density at radius 2 is 1.97 bits per heavy atom. The number of benzene rings is 2. The van der Waals surface area contributed by atoms with Gasteiger partial charge in [0.15, 0.2) is 0 Å². The van der Waals surface area contributed by atoms with E-state index in [1.165, 1.54) is 28.3 Å². The molecule has 1 aliphatic carbocycles. The Morgan fingerprint density at radius 3 is 2.71 bits per heavy atom. The molecule has 0 atom stereocenters. The maximum atomic E-state index is 13.1. The van der Waals surface area contributed by atoms with Crippen LogP contribution in [0.25, 0.3) is 15.9 Å². The molecule has 2 heterocycles. The highest BCUT2D eigenvalue weighted by Crippen LogP contribution is 2.43. The summed E-state index contributed by atoms with van der Waals surface area (Å²) < 4.78 is 41.9. The molecule has 0 saturated heterocycles. The second-order valence-corrected chi connectivity index (χ2v) is 8.55. The van der Waals surface area contributed by atoms with E-state index in [9.17, 15) is 18.0 Å². The molecule has 1 amide bonds. The van der Waals surface area contributed by atoms with Gasteiger partial charge in [-0.15, -0.1) is 11.3 Å². The highest BCUT2D eigenvalue weighted by atomic mass is 32.1. The molecule has 9 heteroatoms. The van der Waals surface area contributed by atoms with Gasteiger partial charge in [-0.25, -0.2) is 9.67 Å². The lowest BCUT2D eigenvalue weighted by Crippen LogP contribution is -2.23. The first-order valence-electron chi connectivity index (χ1n) is 9.78. The summed E-state index contributed by atoms with van der Waals surface area (Å²) in [6, 6.07) is 12.7. The number of nitrogens with one attached hydrogen (secondary N) is 1. The van der Waals surface area contributed by atoms with Crippen LogP contribution in [0.15, 0.2) is 54.7 Å². The Hall–Kier alpha value is -3.20. The first-order valence-corrected chi connectivity index (χ1v) is 10.6. The zero-order valence-electron chi connectivity index (χ0n) is 16.2. The van der Waals surface area contributed by atoms with Crippen LogP contribution in [0.4, 0.5) is 13.2 Å². The molecule has 0 radical (unpaired) electrons. The summed E-state index contributed by atoms with van der Waals surface area (Å²) in [7, 11) is 0. The lowest BCUT2D eigenvalue weighted by molar-refractivity contribution is -0.137. The van der Waals surface area contributed by atoms with E-state index in [4.69, 9.17) is 0 Å². The minimum Gasteiger partial charge on any atom is -0.345 e. The van der Waals surface area contributed by atoms with Crippen molar-refractivity contribution in [3.8, 4) is 5.69 Å². The number of halogens is 3. The van der Waals surface area contributed by atoms with E-state index in [2.05, 4.69) is 15.4 Å². The van der Waals surface area contributed by atoms with E-state index in [-0.39, 0.29) is 18.4 Å². The van der Waals surface area contributed by atoms with Gasteiger partial charge in [0.25, 0.3) is 5.91 Å². The summed E-state index contributed by atoms with van der Waals surface area (Å²) in [6.45, 7) is 0.275. The second kappa shape index (κ2) is 7.49. The molecule has 1 fully saturated rings. The van der Waals surface area contributed by atoms with Crippen LogP contribution in [0.1, 0.15) is 45.4 Å². The van der Waals surface area contributed by atoms with Gasteiger partial charge in [0.05, 0.1) is 45.5 Å². The van der Waals surface area contributed by atoms with E-state index in [0.717, 1.165) is 40.2 Å². The number of hydrogen-bond donors (Lipinski definition) is 1. The number of carbonyl (C=O) groups is 1. The van der Waals surface area contributed by atoms with Crippen molar-refractivity contribution in [2.75, 3.05) is 0 Å². The Balaban J connectivity index is 1.41. The third-order valence-corrected chi connectivity index (χ3v) is 6.21. The molecule has 158 valence electrons. The first kappa shape index (κ1) is 19.7. The number of amides is 1. The van der Waals surface area contributed by atoms with Gasteiger partial charge < -0.3 is 5.32 Å². The number of thiazole rings is 1. The first-order chi connectivity index (χ1) is 14.9. The second-order valence-electron chi connectivity index (χ2n) is 7.44. The molecule has 1 N–H and O–H groups in total. The summed E-state index contributed by atoms with van der Waals surface area (Å²) >= 11 is 1.51. The lowest BCUT2D eigenvalue weighted by atomic mass is 10.1. The minimum atomic E-state index is -4.44. The Morgan fingerprint density at radius 1 is 1.16 bits per heavy atom. The van der Waals surface area contributed by atoms with Crippen molar-refractivity contribution in [2.45, 2.75) is 31.5 Å². The van der Waals surface area contributed by atoms with Crippen LogP contribution < -0.4 is 5.32 Å². The van der Waals surface area contributed by atoms with E-state index in [0.29, 0.717) is 16.9 Å². The summed E-state index contributed by atoms with van der Waals surface area (Å²) in [4.78, 5) is 17.4. The van der Waals surface area contributed by atoms with Crippen molar-refractivity contribution in [2.24, 2.45) is 0 Å². The van der Waals surface area contributed by atoms with Crippen molar-refractivity contribution in [3.05, 3.63) is 76.6 Å². The molecule has 2 aromatic heterocycles. The Kier molecular flexibility index (Phi) is 4.77. The molecule has 5 rings (SSSR count). The molecule has 31 heavy (non-hydrogen) atoms. The summed E-state index contributed by atoms with van der Waals surface area (Å²) in [5, 5.41) is 7.92. The van der Waals surface area contributed by atoms with Gasteiger partial charge in [-0.3, -0.25) is 4.79 Å². The van der Waals surface area contributed by atoms with Crippen LogP contribution >= 0.6 is 11.3 Å². The fourth-order valence-corrected chi connectivity index (χ4v) is 4.46. The predicted molar refractivity (Wildman–Crippen MR) is 111 cm³/mol. The van der Waals surface area contributed by atoms with Crippen LogP contribution in [0.3, 0.4) is 0 Å². The molecule has 2 aromatic carbocycles. The Bertz CT molecular complexity index is 1240. The predicted octanol–water partition coefficient (Wildman–Crippen LogP) is 5.31. The van der Waals surface area contributed by atoms with Crippen LogP contribution in [0, 0.1) is 0 Å². The third-order valence-electron chi connectivity index (χ3n) is 5.17. The number of nitrogens with zero attached hydrogens (tertiary/aromatic N) is 3. The number of alkyl halides is 3. The van der Waals surface area contributed by atoms with Gasteiger partial charge >= 0.3 is 6.18 Å². The Labute approximate surface area is 179 Å². The van der Waals surface area contributed by atoms with Gasteiger partial charge in [-0.2, -0.15) is 18.3 Å². The van der Waals surface area contributed by atoms with Crippen molar-refractivity contribution in [1.29, 1.82) is 0 Å². The van der Waals surface area contributed by atoms with Crippen LogP contribution in [0.5, 0.6) is 0 Å². The number of rotatable bonds is 5. The van der Waals surface area contributed by atoms with E-state index in [1.54, 1.807) is 6.07 Å². The number of fused-ring (bicyclic) bond motifs is 1. The zero-order valence-corrected chi connectivity index (χ0v) is 17.0. The summed E-state index contributed by atoms with van der Waals surface area (Å²) in [5.41, 5.74) is 1.47. The van der Waals surface area contributed by atoms with Crippen molar-refractivity contribution in [1.82, 2.24) is 20.1 Å². The molecule has 0 unspecified atom stereocenters. The molecule has 5 nitrogen and oxygen atoms in total. The highest BCUT2D eigenvalue weighted by Gasteiger charge is 2.34. The van der Waals surface area contributed by atoms with Crippen LogP contribution in [0.2, 0.25) is 0 Å². The average Bonchev–Trinajstić information content (AvgIpc) is 3.35. The van der Waals surface area contributed by atoms with E-state index < -0.39 is 11.7 Å². The zero-order chi connectivity index (χ0) is 21.6. The van der Waals surface area contributed by atoms with Gasteiger partial charge in [-0.1, -0.05) is 18.2 Å². The molecule has 0 spiro atoms. The monoisotopic (exact) mass is 442 g/mol. The molecule has 0 bridgehead atoms. The third kappa shape index (κ3) is 3.93. The minimum absolute atomic E-state index is 0.111. The van der Waals surface area contributed by atoms with Crippen LogP contribution in [-0.2, 0) is 12.7 Å². The smallest absolute Gasteiger partial charge is 0.345 e. The summed E-state index contributed by atoms with van der Waals surface area (Å²) in [6.07, 6.45) is -1.26. The van der Waals surface area contributed by atoms with E-state index in [1.807, 2.05) is 24.3 Å². The number of carbonyl (C=O) groups excluding carboxylic acids is 1. The molecule has 1 saturated carbocycles. The topological polar surface area (TPSA) is 59.8 Å². The van der Waals surface area contributed by atoms with Crippen molar-refractivity contribution >= 4 is 27.5 Å². The van der Waals surface area contributed by atoms with Gasteiger partial charge in [0.1, 0.15) is 5.01 Å². The number of para-hydroxylation sites is 1. The average molecular weight is 442 g/mol. The number of hydrogen-bond acceptors (Lipinski definition) is 4. The quantitative estimate of drug-likeness (QED) is 0.456. The van der Waals surface area contributed by atoms with Gasteiger partial charge in [0.2, 0.25) is 0 Å². The molecule has 0 aliphatic heterocycles. The maximum absolute atomic E-state index is 13.1. The molecule has 1 aliphatic rings. The van der Waals surface area contributed by atoms with Crippen molar-refractivity contribution < 1.29 is 18.0 Å². The highest BCUT2D eigenvalue weighted by molar-refractivity contribution is 7.18. The van der Waals surface area contributed by atoms with E-state index >= 15 is 0 Å².